The van der Waals surface area contributed by atoms with E-state index in [1.807, 2.05) is 23.1 Å². The van der Waals surface area contributed by atoms with Crippen molar-refractivity contribution in [2.24, 2.45) is 0 Å². The Hall–Kier alpha value is -3.44. The topological polar surface area (TPSA) is 70.5 Å². The van der Waals surface area contributed by atoms with Crippen LogP contribution in [0.15, 0.2) is 54.9 Å². The Morgan fingerprint density at radius 2 is 1.73 bits per heavy atom. The molecule has 2 saturated heterocycles. The molecule has 0 bridgehead atoms. The second-order valence-electron chi connectivity index (χ2n) is 11.3. The van der Waals surface area contributed by atoms with Crippen LogP contribution in [0.1, 0.15) is 25.0 Å². The Labute approximate surface area is 233 Å². The molecule has 2 aromatic heterocycles. The third-order valence-corrected chi connectivity index (χ3v) is 7.58. The monoisotopic (exact) mass is 547 g/mol. The summed E-state index contributed by atoms with van der Waals surface area (Å²) in [6, 6.07) is 12.8. The Kier molecular flexibility index (Phi) is 7.50. The third-order valence-electron chi connectivity index (χ3n) is 7.58. The first-order valence-electron chi connectivity index (χ1n) is 13.8. The van der Waals surface area contributed by atoms with E-state index in [4.69, 9.17) is 4.74 Å². The first-order chi connectivity index (χ1) is 19.3. The van der Waals surface area contributed by atoms with Gasteiger partial charge in [-0.2, -0.15) is 4.98 Å². The summed E-state index contributed by atoms with van der Waals surface area (Å²) in [4.78, 5) is 13.6. The van der Waals surface area contributed by atoms with E-state index in [0.29, 0.717) is 43.6 Å². The van der Waals surface area contributed by atoms with Crippen LogP contribution in [-0.2, 0) is 17.8 Å². The molecule has 4 aromatic rings. The number of halogens is 2. The van der Waals surface area contributed by atoms with Crippen LogP contribution < -0.4 is 10.6 Å². The summed E-state index contributed by atoms with van der Waals surface area (Å²) in [6.45, 7) is 11.1. The van der Waals surface area contributed by atoms with E-state index < -0.39 is 11.6 Å². The average Bonchev–Trinajstić information content (AvgIpc) is 3.35. The minimum atomic E-state index is -0.569. The second kappa shape index (κ2) is 11.2. The Bertz CT molecular complexity index is 1460. The van der Waals surface area contributed by atoms with E-state index in [1.54, 1.807) is 17.0 Å². The van der Waals surface area contributed by atoms with Gasteiger partial charge in [0.15, 0.2) is 0 Å². The largest absolute Gasteiger partial charge is 0.379 e. The highest BCUT2D eigenvalue weighted by Gasteiger charge is 2.25. The first kappa shape index (κ1) is 26.8. The first-order valence-corrected chi connectivity index (χ1v) is 13.8. The summed E-state index contributed by atoms with van der Waals surface area (Å²) >= 11 is 0. The highest BCUT2D eigenvalue weighted by molar-refractivity contribution is 5.78. The lowest BCUT2D eigenvalue weighted by Gasteiger charge is -2.39. The summed E-state index contributed by atoms with van der Waals surface area (Å²) in [5.74, 6) is -0.727. The lowest BCUT2D eigenvalue weighted by molar-refractivity contribution is 0.0332. The van der Waals surface area contributed by atoms with Gasteiger partial charge in [0.1, 0.15) is 17.3 Å². The van der Waals surface area contributed by atoms with E-state index in [1.165, 1.54) is 17.7 Å². The van der Waals surface area contributed by atoms with Gasteiger partial charge in [0.2, 0.25) is 5.95 Å². The number of piperazine rings is 1. The van der Waals surface area contributed by atoms with Gasteiger partial charge in [-0.25, -0.2) is 13.8 Å². The van der Waals surface area contributed by atoms with Crippen LogP contribution in [-0.4, -0.2) is 75.8 Å². The third kappa shape index (κ3) is 6.00. The fourth-order valence-corrected chi connectivity index (χ4v) is 5.51. The Balaban J connectivity index is 1.18. The van der Waals surface area contributed by atoms with Gasteiger partial charge in [-0.15, -0.1) is 0 Å². The van der Waals surface area contributed by atoms with Crippen molar-refractivity contribution in [3.05, 3.63) is 77.6 Å². The fraction of sp³-hybridized carbons (Fsp3) is 0.400. The van der Waals surface area contributed by atoms with Crippen LogP contribution >= 0.6 is 0 Å². The molecule has 6 rings (SSSR count). The maximum absolute atomic E-state index is 15.1. The van der Waals surface area contributed by atoms with Crippen molar-refractivity contribution in [3.8, 4) is 5.69 Å². The van der Waals surface area contributed by atoms with Crippen molar-refractivity contribution in [1.29, 1.82) is 0 Å². The van der Waals surface area contributed by atoms with Crippen molar-refractivity contribution in [3.63, 3.8) is 0 Å². The van der Waals surface area contributed by atoms with Crippen LogP contribution in [0.25, 0.3) is 16.7 Å². The van der Waals surface area contributed by atoms with E-state index >= 15 is 8.78 Å². The van der Waals surface area contributed by atoms with Crippen molar-refractivity contribution in [2.75, 3.05) is 51.3 Å². The zero-order chi connectivity index (χ0) is 27.7. The summed E-state index contributed by atoms with van der Waals surface area (Å²) in [5, 5.41) is 7.59. The van der Waals surface area contributed by atoms with Crippen molar-refractivity contribution in [2.45, 2.75) is 32.5 Å². The molecule has 0 aliphatic carbocycles. The standard InChI is InChI=1S/C30H35F2N7O/c1-30(2)20-38(10-8-34-30)18-21-3-5-23(6-4-21)35-29-33-17-22-7-9-39(28(22)36-29)24-15-26(31)25(27(32)16-24)19-37-11-13-40-14-12-37/h3-7,9,15-17,34H,8,10-14,18-20H2,1-2H3,(H,33,35,36). The fourth-order valence-electron chi connectivity index (χ4n) is 5.51. The molecule has 4 heterocycles. The number of ether oxygens (including phenoxy) is 1. The molecule has 0 saturated carbocycles. The molecule has 0 unspecified atom stereocenters. The molecule has 8 nitrogen and oxygen atoms in total. The number of hydrogen-bond donors (Lipinski definition) is 2. The Morgan fingerprint density at radius 1 is 0.975 bits per heavy atom. The number of nitrogens with zero attached hydrogens (tertiary/aromatic N) is 5. The molecular formula is C30H35F2N7O. The molecule has 2 aromatic carbocycles. The average molecular weight is 548 g/mol. The number of aromatic nitrogens is 3. The maximum atomic E-state index is 15.1. The molecule has 2 fully saturated rings. The zero-order valence-electron chi connectivity index (χ0n) is 23.0. The molecule has 40 heavy (non-hydrogen) atoms. The molecule has 0 spiro atoms. The maximum Gasteiger partial charge on any atom is 0.229 e. The van der Waals surface area contributed by atoms with Crippen molar-refractivity contribution in [1.82, 2.24) is 29.7 Å². The lowest BCUT2D eigenvalue weighted by Crippen LogP contribution is -2.56. The number of hydrogen-bond acceptors (Lipinski definition) is 7. The number of rotatable bonds is 7. The van der Waals surface area contributed by atoms with Crippen LogP contribution in [0.2, 0.25) is 0 Å². The molecule has 10 heteroatoms. The normalized spacial score (nSPS) is 18.3. The van der Waals surface area contributed by atoms with E-state index in [9.17, 15) is 0 Å². The number of fused-ring (bicyclic) bond motifs is 1. The molecule has 0 atom stereocenters. The summed E-state index contributed by atoms with van der Waals surface area (Å²) < 4.78 is 37.2. The molecule has 2 aliphatic rings. The predicted octanol–water partition coefficient (Wildman–Crippen LogP) is 4.46. The van der Waals surface area contributed by atoms with Gasteiger partial charge < -0.3 is 19.9 Å². The molecule has 0 radical (unpaired) electrons. The second-order valence-corrected chi connectivity index (χ2v) is 11.3. The smallest absolute Gasteiger partial charge is 0.229 e. The predicted molar refractivity (Wildman–Crippen MR) is 152 cm³/mol. The molecule has 0 amide bonds. The van der Waals surface area contributed by atoms with E-state index in [-0.39, 0.29) is 17.6 Å². The molecule has 2 N–H and O–H groups in total. The SMILES string of the molecule is CC1(C)CN(Cc2ccc(Nc3ncc4ccn(-c5cc(F)c(CN6CCOCC6)c(F)c5)c4n3)cc2)CCN1. The van der Waals surface area contributed by atoms with Gasteiger partial charge in [-0.1, -0.05) is 12.1 Å². The summed E-state index contributed by atoms with van der Waals surface area (Å²) in [6.07, 6.45) is 3.46. The van der Waals surface area contributed by atoms with Crippen LogP contribution in [0, 0.1) is 11.6 Å². The Morgan fingerprint density at radius 3 is 2.45 bits per heavy atom. The summed E-state index contributed by atoms with van der Waals surface area (Å²) in [5.41, 5.74) is 3.25. The van der Waals surface area contributed by atoms with Gasteiger partial charge in [0.25, 0.3) is 0 Å². The van der Waals surface area contributed by atoms with Gasteiger partial charge in [-0.05, 0) is 49.7 Å². The molecular weight excluding hydrogens is 512 g/mol. The van der Waals surface area contributed by atoms with Gasteiger partial charge >= 0.3 is 0 Å². The van der Waals surface area contributed by atoms with Crippen molar-refractivity contribution < 1.29 is 13.5 Å². The zero-order valence-corrected chi connectivity index (χ0v) is 23.0. The number of nitrogens with one attached hydrogen (secondary N) is 2. The molecule has 210 valence electrons. The minimum Gasteiger partial charge on any atom is -0.379 e. The number of morpholine rings is 1. The number of anilines is 2. The lowest BCUT2D eigenvalue weighted by atomic mass is 10.0. The van der Waals surface area contributed by atoms with E-state index in [0.717, 1.165) is 37.3 Å². The van der Waals surface area contributed by atoms with Gasteiger partial charge in [0, 0.05) is 80.4 Å². The van der Waals surface area contributed by atoms with Gasteiger partial charge in [-0.3, -0.25) is 9.80 Å². The highest BCUT2D eigenvalue weighted by Crippen LogP contribution is 2.25. The van der Waals surface area contributed by atoms with Crippen LogP contribution in [0.4, 0.5) is 20.4 Å². The molecule has 2 aliphatic heterocycles. The van der Waals surface area contributed by atoms with Gasteiger partial charge in [0.05, 0.1) is 18.9 Å². The summed E-state index contributed by atoms with van der Waals surface area (Å²) in [7, 11) is 0. The van der Waals surface area contributed by atoms with Crippen molar-refractivity contribution >= 4 is 22.7 Å². The number of benzene rings is 2. The minimum absolute atomic E-state index is 0.0724. The van der Waals surface area contributed by atoms with E-state index in [2.05, 4.69) is 51.5 Å². The quantitative estimate of drug-likeness (QED) is 0.354. The van der Waals surface area contributed by atoms with Crippen LogP contribution in [0.5, 0.6) is 0 Å². The van der Waals surface area contributed by atoms with Crippen LogP contribution in [0.3, 0.4) is 0 Å². The highest BCUT2D eigenvalue weighted by atomic mass is 19.1.